The maximum absolute atomic E-state index is 11.7. The van der Waals surface area contributed by atoms with Gasteiger partial charge in [0, 0.05) is 26.5 Å². The molecule has 3 nitrogen and oxygen atoms in total. The molecule has 0 saturated heterocycles. The number of benzene rings is 1. The average Bonchev–Trinajstić information content (AvgIpc) is 3.19. The van der Waals surface area contributed by atoms with Crippen LogP contribution in [-0.2, 0) is 15.9 Å². The Morgan fingerprint density at radius 2 is 1.79 bits per heavy atom. The minimum absolute atomic E-state index is 0.258. The van der Waals surface area contributed by atoms with Gasteiger partial charge in [0.25, 0.3) is 0 Å². The van der Waals surface area contributed by atoms with Gasteiger partial charge >= 0.3 is 5.97 Å². The summed E-state index contributed by atoms with van der Waals surface area (Å²) in [7, 11) is 3.24. The van der Waals surface area contributed by atoms with Crippen LogP contribution in [0, 0.1) is 17.8 Å². The quantitative estimate of drug-likeness (QED) is 0.399. The number of carbonyl (C=O) groups is 1. The van der Waals surface area contributed by atoms with Crippen LogP contribution in [0.25, 0.3) is 0 Å². The van der Waals surface area contributed by atoms with E-state index in [1.165, 1.54) is 61.0 Å². The second-order valence-corrected chi connectivity index (χ2v) is 11.2. The number of methoxy groups -OCH3 is 2. The highest BCUT2D eigenvalue weighted by Gasteiger charge is 2.52. The molecule has 4 bridgehead atoms. The van der Waals surface area contributed by atoms with Crippen molar-refractivity contribution in [3.05, 3.63) is 45.6 Å². The zero-order valence-corrected chi connectivity index (χ0v) is 18.7. The number of esters is 1. The normalized spacial score (nSPS) is 29.8. The van der Waals surface area contributed by atoms with Crippen LogP contribution in [0.15, 0.2) is 34.5 Å². The van der Waals surface area contributed by atoms with E-state index in [1.54, 1.807) is 11.3 Å². The van der Waals surface area contributed by atoms with E-state index in [4.69, 9.17) is 9.47 Å². The fraction of sp³-hybridized carbons (Fsp3) is 0.542. The smallest absolute Gasteiger partial charge is 0.338 e. The van der Waals surface area contributed by atoms with Crippen LogP contribution in [-0.4, -0.2) is 20.2 Å². The van der Waals surface area contributed by atoms with Gasteiger partial charge in [-0.3, -0.25) is 0 Å². The molecule has 4 fully saturated rings. The van der Waals surface area contributed by atoms with E-state index in [0.717, 1.165) is 29.3 Å². The third-order valence-corrected chi connectivity index (χ3v) is 9.40. The number of carbonyl (C=O) groups excluding carboxylic acids is 1. The maximum atomic E-state index is 11.7. The van der Waals surface area contributed by atoms with Crippen molar-refractivity contribution in [2.45, 2.75) is 54.6 Å². The minimum Gasteiger partial charge on any atom is -0.496 e. The molecule has 2 aromatic rings. The largest absolute Gasteiger partial charge is 0.496 e. The van der Waals surface area contributed by atoms with E-state index in [-0.39, 0.29) is 5.97 Å². The minimum atomic E-state index is -0.258. The molecule has 0 unspecified atom stereocenters. The van der Waals surface area contributed by atoms with Crippen LogP contribution >= 0.6 is 23.1 Å². The van der Waals surface area contributed by atoms with Crippen molar-refractivity contribution in [2.75, 3.05) is 14.2 Å². The molecule has 6 rings (SSSR count). The van der Waals surface area contributed by atoms with Crippen molar-refractivity contribution < 1.29 is 14.3 Å². The molecule has 0 spiro atoms. The predicted molar refractivity (Wildman–Crippen MR) is 118 cm³/mol. The summed E-state index contributed by atoms with van der Waals surface area (Å²) in [5, 5.41) is 1.89. The topological polar surface area (TPSA) is 35.5 Å². The van der Waals surface area contributed by atoms with Crippen molar-refractivity contribution in [3.8, 4) is 5.75 Å². The van der Waals surface area contributed by atoms with Gasteiger partial charge in [-0.05, 0) is 86.0 Å². The number of thiophene rings is 1. The molecule has 0 aliphatic heterocycles. The number of ether oxygens (including phenoxy) is 2. The first kappa shape index (κ1) is 19.5. The molecule has 0 amide bonds. The Hall–Kier alpha value is -1.46. The molecule has 4 saturated carbocycles. The summed E-state index contributed by atoms with van der Waals surface area (Å²) in [6.07, 6.45) is 8.40. The van der Waals surface area contributed by atoms with Crippen LogP contribution in [0.2, 0.25) is 0 Å². The Kier molecular flexibility index (Phi) is 5.15. The molecule has 0 atom stereocenters. The van der Waals surface area contributed by atoms with E-state index in [9.17, 15) is 4.79 Å². The molecule has 1 heterocycles. The summed E-state index contributed by atoms with van der Waals surface area (Å²) in [5.41, 5.74) is 2.43. The molecule has 154 valence electrons. The molecule has 29 heavy (non-hydrogen) atoms. The summed E-state index contributed by atoms with van der Waals surface area (Å²) in [5.74, 6) is 4.45. The molecular formula is C24H28O3S2. The van der Waals surface area contributed by atoms with Gasteiger partial charge < -0.3 is 9.47 Å². The highest BCUT2D eigenvalue weighted by Crippen LogP contribution is 2.62. The Labute approximate surface area is 181 Å². The fourth-order valence-corrected chi connectivity index (χ4v) is 8.31. The van der Waals surface area contributed by atoms with Crippen LogP contribution in [0.3, 0.4) is 0 Å². The van der Waals surface area contributed by atoms with Crippen molar-refractivity contribution in [2.24, 2.45) is 17.8 Å². The van der Waals surface area contributed by atoms with Crippen LogP contribution in [0.4, 0.5) is 0 Å². The monoisotopic (exact) mass is 428 g/mol. The third-order valence-electron chi connectivity index (χ3n) is 7.24. The lowest BCUT2D eigenvalue weighted by Crippen LogP contribution is -2.48. The molecule has 4 aliphatic carbocycles. The second kappa shape index (κ2) is 7.66. The summed E-state index contributed by atoms with van der Waals surface area (Å²) in [6.45, 7) is 0. The molecule has 5 heteroatoms. The number of hydrogen-bond donors (Lipinski definition) is 0. The van der Waals surface area contributed by atoms with E-state index < -0.39 is 0 Å². The van der Waals surface area contributed by atoms with Gasteiger partial charge in [0.2, 0.25) is 0 Å². The predicted octanol–water partition coefficient (Wildman–Crippen LogP) is 6.30. The third kappa shape index (κ3) is 3.61. The maximum Gasteiger partial charge on any atom is 0.338 e. The van der Waals surface area contributed by atoms with Crippen LogP contribution < -0.4 is 4.74 Å². The van der Waals surface area contributed by atoms with E-state index in [2.05, 4.69) is 18.2 Å². The van der Waals surface area contributed by atoms with E-state index >= 15 is 0 Å². The van der Waals surface area contributed by atoms with Gasteiger partial charge in [0.1, 0.15) is 5.75 Å². The summed E-state index contributed by atoms with van der Waals surface area (Å²) in [6, 6.07) is 8.71. The van der Waals surface area contributed by atoms with Crippen molar-refractivity contribution in [3.63, 3.8) is 0 Å². The summed E-state index contributed by atoms with van der Waals surface area (Å²) >= 11 is 3.47. The molecule has 1 aromatic heterocycles. The highest BCUT2D eigenvalue weighted by molar-refractivity contribution is 7.98. The zero-order valence-electron chi connectivity index (χ0n) is 17.1. The van der Waals surface area contributed by atoms with Crippen molar-refractivity contribution >= 4 is 29.1 Å². The first-order valence-corrected chi connectivity index (χ1v) is 12.4. The zero-order chi connectivity index (χ0) is 20.0. The lowest BCUT2D eigenvalue weighted by molar-refractivity contribution is -0.00625. The van der Waals surface area contributed by atoms with Crippen LogP contribution in [0.5, 0.6) is 5.75 Å². The van der Waals surface area contributed by atoms with E-state index in [1.807, 2.05) is 30.3 Å². The average molecular weight is 429 g/mol. The summed E-state index contributed by atoms with van der Waals surface area (Å²) < 4.78 is 10.7. The van der Waals surface area contributed by atoms with Gasteiger partial charge in [0.05, 0.1) is 19.8 Å². The van der Waals surface area contributed by atoms with Gasteiger partial charge in [-0.15, -0.1) is 23.1 Å². The Balaban J connectivity index is 1.37. The lowest BCUT2D eigenvalue weighted by Gasteiger charge is -2.57. The SMILES string of the molecule is COC(=O)c1csc(CSc2ccc(OC)c(C34CC5CC(CC(C5)C3)C4)c2)c1. The first-order chi connectivity index (χ1) is 14.1. The number of hydrogen-bond acceptors (Lipinski definition) is 5. The number of thioether (sulfide) groups is 1. The molecular weight excluding hydrogens is 400 g/mol. The Morgan fingerprint density at radius 1 is 1.10 bits per heavy atom. The highest BCUT2D eigenvalue weighted by atomic mass is 32.2. The fourth-order valence-electron chi connectivity index (χ4n) is 6.47. The first-order valence-electron chi connectivity index (χ1n) is 10.6. The molecule has 1 aromatic carbocycles. The molecule has 4 aliphatic rings. The molecule has 0 N–H and O–H groups in total. The van der Waals surface area contributed by atoms with Crippen molar-refractivity contribution in [1.29, 1.82) is 0 Å². The summed E-state index contributed by atoms with van der Waals surface area (Å²) in [4.78, 5) is 14.2. The lowest BCUT2D eigenvalue weighted by atomic mass is 9.48. The second-order valence-electron chi connectivity index (χ2n) is 9.14. The number of rotatable bonds is 6. The van der Waals surface area contributed by atoms with Gasteiger partial charge in [-0.1, -0.05) is 0 Å². The van der Waals surface area contributed by atoms with Crippen molar-refractivity contribution in [1.82, 2.24) is 0 Å². The van der Waals surface area contributed by atoms with Gasteiger partial charge in [-0.25, -0.2) is 4.79 Å². The van der Waals surface area contributed by atoms with Gasteiger partial charge in [-0.2, -0.15) is 0 Å². The van der Waals surface area contributed by atoms with Gasteiger partial charge in [0.15, 0.2) is 0 Å². The van der Waals surface area contributed by atoms with E-state index in [0.29, 0.717) is 11.0 Å². The van der Waals surface area contributed by atoms with Crippen LogP contribution in [0.1, 0.15) is 59.3 Å². The Morgan fingerprint density at radius 3 is 2.41 bits per heavy atom. The standard InChI is InChI=1S/C24H28O3S2/c1-26-22-4-3-19(29-14-20-8-18(13-28-20)23(25)27-2)9-21(22)24-10-15-5-16(11-24)7-17(6-15)12-24/h3-4,8-9,13,15-17H,5-7,10-12,14H2,1-2H3. The molecule has 0 radical (unpaired) electrons. The Bertz CT molecular complexity index is 881.